The fourth-order valence-electron chi connectivity index (χ4n) is 3.44. The molecular weight excluding hydrogens is 475 g/mol. The number of benzene rings is 1. The first-order valence-electron chi connectivity index (χ1n) is 9.93. The first kappa shape index (κ1) is 21.6. The summed E-state index contributed by atoms with van der Waals surface area (Å²) >= 11 is 3.06. The number of carbonyl (C=O) groups is 1. The fourth-order valence-corrected chi connectivity index (χ4v) is 4.28. The normalized spacial score (nSPS) is 14.1. The zero-order chi connectivity index (χ0) is 22.2. The Bertz CT molecular complexity index is 1100. The summed E-state index contributed by atoms with van der Waals surface area (Å²) in [7, 11) is 0. The lowest BCUT2D eigenvalue weighted by atomic mass is 10.1. The van der Waals surface area contributed by atoms with Gasteiger partial charge in [-0.05, 0) is 46.8 Å². The van der Waals surface area contributed by atoms with Crippen molar-refractivity contribution in [3.05, 3.63) is 63.5 Å². The van der Waals surface area contributed by atoms with Gasteiger partial charge >= 0.3 is 6.18 Å². The number of nitrogens with zero attached hydrogens (tertiary/aromatic N) is 4. The van der Waals surface area contributed by atoms with E-state index in [1.54, 1.807) is 16.9 Å². The van der Waals surface area contributed by atoms with E-state index in [4.69, 9.17) is 0 Å². The minimum atomic E-state index is -4.54. The van der Waals surface area contributed by atoms with E-state index >= 15 is 0 Å². The second-order valence-corrected chi connectivity index (χ2v) is 8.46. The maximum atomic E-state index is 13.2. The van der Waals surface area contributed by atoms with Crippen LogP contribution < -0.4 is 5.32 Å². The van der Waals surface area contributed by atoms with Crippen LogP contribution in [0.5, 0.6) is 0 Å². The van der Waals surface area contributed by atoms with Crippen molar-refractivity contribution in [1.82, 2.24) is 19.6 Å². The summed E-state index contributed by atoms with van der Waals surface area (Å²) in [6.07, 6.45) is -1.12. The first-order chi connectivity index (χ1) is 14.7. The van der Waals surface area contributed by atoms with Crippen LogP contribution in [0.3, 0.4) is 0 Å². The third kappa shape index (κ3) is 5.00. The van der Waals surface area contributed by atoms with Gasteiger partial charge in [-0.25, -0.2) is 0 Å². The topological polar surface area (TPSA) is 64.7 Å². The van der Waals surface area contributed by atoms with Crippen LogP contribution in [0.2, 0.25) is 0 Å². The molecule has 1 aliphatic carbocycles. The molecule has 1 saturated carbocycles. The molecule has 31 heavy (non-hydrogen) atoms. The standard InChI is InChI=1S/C21H21BrF3N5O/c1-13-4-2-3-5-15(13)12-29-10-8-16(27-29)26-17(31)9-11-30-19(14-6-7-14)18(22)20(28-30)21(23,24)25/h2-5,8,10,14H,6-7,9,11-12H2,1H3,(H,26,27,31). The molecular formula is C21H21BrF3N5O. The molecule has 0 aliphatic heterocycles. The molecule has 0 spiro atoms. The van der Waals surface area contributed by atoms with E-state index in [0.29, 0.717) is 18.1 Å². The molecule has 0 bridgehead atoms. The summed E-state index contributed by atoms with van der Waals surface area (Å²) in [5.41, 5.74) is 1.85. The maximum Gasteiger partial charge on any atom is 0.436 e. The lowest BCUT2D eigenvalue weighted by Crippen LogP contribution is -2.17. The summed E-state index contributed by atoms with van der Waals surface area (Å²) in [5.74, 6) is 0.125. The summed E-state index contributed by atoms with van der Waals surface area (Å²) in [4.78, 5) is 12.4. The van der Waals surface area contributed by atoms with Crippen LogP contribution in [-0.4, -0.2) is 25.5 Å². The van der Waals surface area contributed by atoms with Crippen LogP contribution in [0.1, 0.15) is 47.7 Å². The average molecular weight is 496 g/mol. The Hall–Kier alpha value is -2.62. The molecule has 0 saturated heterocycles. The van der Waals surface area contributed by atoms with E-state index < -0.39 is 11.9 Å². The molecule has 10 heteroatoms. The molecule has 6 nitrogen and oxygen atoms in total. The minimum absolute atomic E-state index is 0.00418. The molecule has 2 aromatic heterocycles. The van der Waals surface area contributed by atoms with Crippen molar-refractivity contribution < 1.29 is 18.0 Å². The smallest absolute Gasteiger partial charge is 0.309 e. The van der Waals surface area contributed by atoms with Gasteiger partial charge in [-0.2, -0.15) is 23.4 Å². The maximum absolute atomic E-state index is 13.2. The molecule has 4 rings (SSSR count). The van der Waals surface area contributed by atoms with E-state index in [1.807, 2.05) is 31.2 Å². The largest absolute Gasteiger partial charge is 0.436 e. The number of halogens is 4. The third-order valence-electron chi connectivity index (χ3n) is 5.22. The zero-order valence-electron chi connectivity index (χ0n) is 16.8. The second-order valence-electron chi connectivity index (χ2n) is 7.67. The van der Waals surface area contributed by atoms with Crippen LogP contribution in [-0.2, 0) is 24.1 Å². The van der Waals surface area contributed by atoms with Crippen molar-refractivity contribution in [3.63, 3.8) is 0 Å². The van der Waals surface area contributed by atoms with Gasteiger partial charge in [0.05, 0.1) is 23.3 Å². The highest BCUT2D eigenvalue weighted by Gasteiger charge is 2.41. The number of anilines is 1. The van der Waals surface area contributed by atoms with Crippen molar-refractivity contribution in [1.29, 1.82) is 0 Å². The van der Waals surface area contributed by atoms with Gasteiger partial charge in [0.1, 0.15) is 0 Å². The van der Waals surface area contributed by atoms with Crippen LogP contribution in [0, 0.1) is 6.92 Å². The highest BCUT2D eigenvalue weighted by atomic mass is 79.9. The van der Waals surface area contributed by atoms with Crippen LogP contribution >= 0.6 is 15.9 Å². The van der Waals surface area contributed by atoms with E-state index in [9.17, 15) is 18.0 Å². The SMILES string of the molecule is Cc1ccccc1Cn1ccc(NC(=O)CCn2nc(C(F)(F)F)c(Br)c2C2CC2)n1. The predicted molar refractivity (Wildman–Crippen MR) is 113 cm³/mol. The van der Waals surface area contributed by atoms with Gasteiger partial charge in [0.15, 0.2) is 11.5 Å². The lowest BCUT2D eigenvalue weighted by molar-refractivity contribution is -0.142. The molecule has 1 aromatic carbocycles. The summed E-state index contributed by atoms with van der Waals surface area (Å²) in [6, 6.07) is 9.66. The second kappa shape index (κ2) is 8.49. The number of aryl methyl sites for hydroxylation is 2. The molecule has 1 N–H and O–H groups in total. The molecule has 164 valence electrons. The quantitative estimate of drug-likeness (QED) is 0.494. The number of amides is 1. The molecule has 3 aromatic rings. The van der Waals surface area contributed by atoms with Gasteiger partial charge in [-0.3, -0.25) is 14.2 Å². The summed E-state index contributed by atoms with van der Waals surface area (Å²) in [5, 5.41) is 10.8. The monoisotopic (exact) mass is 495 g/mol. The summed E-state index contributed by atoms with van der Waals surface area (Å²) in [6.45, 7) is 2.67. The Kier molecular flexibility index (Phi) is 5.92. The molecule has 1 fully saturated rings. The van der Waals surface area contributed by atoms with Crippen LogP contribution in [0.4, 0.5) is 19.0 Å². The van der Waals surface area contributed by atoms with Crippen LogP contribution in [0.25, 0.3) is 0 Å². The number of alkyl halides is 3. The van der Waals surface area contributed by atoms with Gasteiger partial charge in [-0.1, -0.05) is 24.3 Å². The predicted octanol–water partition coefficient (Wildman–Crippen LogP) is 5.12. The van der Waals surface area contributed by atoms with E-state index in [-0.39, 0.29) is 29.3 Å². The van der Waals surface area contributed by atoms with E-state index in [1.165, 1.54) is 4.68 Å². The molecule has 1 amide bonds. The zero-order valence-corrected chi connectivity index (χ0v) is 18.4. The van der Waals surface area contributed by atoms with Crippen molar-refractivity contribution in [2.45, 2.75) is 51.4 Å². The van der Waals surface area contributed by atoms with Crippen molar-refractivity contribution in [2.24, 2.45) is 0 Å². The minimum Gasteiger partial charge on any atom is -0.309 e. The van der Waals surface area contributed by atoms with Crippen molar-refractivity contribution in [3.8, 4) is 0 Å². The number of rotatable bonds is 7. The van der Waals surface area contributed by atoms with Gasteiger partial charge in [0, 0.05) is 24.6 Å². The number of aromatic nitrogens is 4. The Morgan fingerprint density at radius 1 is 1.23 bits per heavy atom. The molecule has 0 unspecified atom stereocenters. The number of nitrogens with one attached hydrogen (secondary N) is 1. The highest BCUT2D eigenvalue weighted by molar-refractivity contribution is 9.10. The van der Waals surface area contributed by atoms with Gasteiger partial charge in [-0.15, -0.1) is 0 Å². The number of hydrogen-bond acceptors (Lipinski definition) is 3. The average Bonchev–Trinajstić information content (AvgIpc) is 3.34. The van der Waals surface area contributed by atoms with Gasteiger partial charge < -0.3 is 5.32 Å². The Labute approximate surface area is 185 Å². The van der Waals surface area contributed by atoms with Gasteiger partial charge in [0.25, 0.3) is 0 Å². The Balaban J connectivity index is 1.38. The fraction of sp³-hybridized carbons (Fsp3) is 0.381. The lowest BCUT2D eigenvalue weighted by Gasteiger charge is -2.07. The first-order valence-corrected chi connectivity index (χ1v) is 10.7. The van der Waals surface area contributed by atoms with E-state index in [0.717, 1.165) is 24.0 Å². The van der Waals surface area contributed by atoms with E-state index in [2.05, 4.69) is 31.4 Å². The molecule has 0 atom stereocenters. The highest BCUT2D eigenvalue weighted by Crippen LogP contribution is 2.47. The van der Waals surface area contributed by atoms with Gasteiger partial charge in [0.2, 0.25) is 5.91 Å². The Morgan fingerprint density at radius 3 is 2.65 bits per heavy atom. The van der Waals surface area contributed by atoms with Crippen molar-refractivity contribution in [2.75, 3.05) is 5.32 Å². The van der Waals surface area contributed by atoms with Crippen LogP contribution in [0.15, 0.2) is 41.0 Å². The summed E-state index contributed by atoms with van der Waals surface area (Å²) < 4.78 is 42.6. The molecule has 2 heterocycles. The van der Waals surface area contributed by atoms with Crippen molar-refractivity contribution >= 4 is 27.7 Å². The number of hydrogen-bond donors (Lipinski definition) is 1. The third-order valence-corrected chi connectivity index (χ3v) is 6.00. The Morgan fingerprint density at radius 2 is 1.97 bits per heavy atom. The molecule has 1 aliphatic rings. The number of carbonyl (C=O) groups excluding carboxylic acids is 1. The molecule has 0 radical (unpaired) electrons.